The van der Waals surface area contributed by atoms with E-state index in [2.05, 4.69) is 15.9 Å². The molecule has 5 nitrogen and oxygen atoms in total. The Hall–Kier alpha value is -3.12. The van der Waals surface area contributed by atoms with Gasteiger partial charge in [0.05, 0.1) is 0 Å². The zero-order valence-corrected chi connectivity index (χ0v) is 18.0. The summed E-state index contributed by atoms with van der Waals surface area (Å²) in [6, 6.07) is 23.2. The molecule has 0 aliphatic rings. The minimum atomic E-state index is -0.599. The molecule has 6 heteroatoms. The van der Waals surface area contributed by atoms with Crippen LogP contribution in [0, 0.1) is 0 Å². The van der Waals surface area contributed by atoms with E-state index in [0.29, 0.717) is 23.5 Å². The van der Waals surface area contributed by atoms with E-state index in [4.69, 9.17) is 9.15 Å². The molecular weight excluding hydrogens is 446 g/mol. The number of benzene rings is 2. The highest BCUT2D eigenvalue weighted by Gasteiger charge is 2.16. The van der Waals surface area contributed by atoms with Gasteiger partial charge >= 0.3 is 5.97 Å². The molecule has 0 N–H and O–H groups in total. The summed E-state index contributed by atoms with van der Waals surface area (Å²) in [7, 11) is 0. The van der Waals surface area contributed by atoms with Gasteiger partial charge in [0, 0.05) is 19.2 Å². The molecule has 0 fully saturated rings. The molecule has 3 rings (SSSR count). The maximum atomic E-state index is 12.8. The lowest BCUT2D eigenvalue weighted by Crippen LogP contribution is -2.35. The third-order valence-electron chi connectivity index (χ3n) is 4.40. The van der Waals surface area contributed by atoms with Crippen molar-refractivity contribution in [2.75, 3.05) is 13.2 Å². The molecule has 0 radical (unpaired) electrons. The Labute approximate surface area is 184 Å². The topological polar surface area (TPSA) is 59.8 Å². The van der Waals surface area contributed by atoms with Gasteiger partial charge in [-0.25, -0.2) is 4.79 Å². The van der Waals surface area contributed by atoms with Crippen LogP contribution < -0.4 is 0 Å². The number of hydrogen-bond donors (Lipinski definition) is 0. The number of rotatable bonds is 9. The second-order valence-corrected chi connectivity index (χ2v) is 7.40. The molecule has 1 aromatic heterocycles. The molecule has 30 heavy (non-hydrogen) atoms. The van der Waals surface area contributed by atoms with E-state index in [9.17, 15) is 9.59 Å². The van der Waals surface area contributed by atoms with Crippen molar-refractivity contribution < 1.29 is 18.7 Å². The largest absolute Gasteiger partial charge is 0.452 e. The number of furan rings is 1. The Balaban J connectivity index is 1.57. The summed E-state index contributed by atoms with van der Waals surface area (Å²) in [6.45, 7) is 0.679. The molecule has 0 atom stereocenters. The molecule has 154 valence electrons. The van der Waals surface area contributed by atoms with Gasteiger partial charge in [-0.05, 0) is 51.7 Å². The average Bonchev–Trinajstić information content (AvgIpc) is 3.20. The first-order valence-electron chi connectivity index (χ1n) is 9.56. The number of carbonyl (C=O) groups excluding carboxylic acids is 2. The van der Waals surface area contributed by atoms with Crippen LogP contribution in [0.5, 0.6) is 0 Å². The van der Waals surface area contributed by atoms with E-state index in [1.165, 1.54) is 12.2 Å². The van der Waals surface area contributed by atoms with E-state index in [1.54, 1.807) is 17.0 Å². The Morgan fingerprint density at radius 3 is 2.23 bits per heavy atom. The monoisotopic (exact) mass is 467 g/mol. The summed E-state index contributed by atoms with van der Waals surface area (Å²) < 4.78 is 11.0. The predicted molar refractivity (Wildman–Crippen MR) is 118 cm³/mol. The smallest absolute Gasteiger partial charge is 0.331 e. The number of esters is 1. The lowest BCUT2D eigenvalue weighted by atomic mass is 10.1. The summed E-state index contributed by atoms with van der Waals surface area (Å²) in [4.78, 5) is 26.4. The fraction of sp³-hybridized carbons (Fsp3) is 0.167. The van der Waals surface area contributed by atoms with E-state index in [-0.39, 0.29) is 12.5 Å². The van der Waals surface area contributed by atoms with E-state index >= 15 is 0 Å². The summed E-state index contributed by atoms with van der Waals surface area (Å²) >= 11 is 3.20. The molecular formula is C24H22BrNO4. The first kappa shape index (κ1) is 21.6. The van der Waals surface area contributed by atoms with Crippen molar-refractivity contribution in [3.63, 3.8) is 0 Å². The zero-order chi connectivity index (χ0) is 21.2. The van der Waals surface area contributed by atoms with Gasteiger partial charge < -0.3 is 14.1 Å². The fourth-order valence-electron chi connectivity index (χ4n) is 2.84. The molecule has 0 unspecified atom stereocenters. The van der Waals surface area contributed by atoms with Gasteiger partial charge in [-0.3, -0.25) is 4.79 Å². The van der Waals surface area contributed by atoms with Crippen LogP contribution in [0.3, 0.4) is 0 Å². The van der Waals surface area contributed by atoms with E-state index in [0.717, 1.165) is 17.5 Å². The van der Waals surface area contributed by atoms with Crippen LogP contribution in [0.15, 0.2) is 88.0 Å². The summed E-state index contributed by atoms with van der Waals surface area (Å²) in [5, 5.41) is 0. The lowest BCUT2D eigenvalue weighted by molar-refractivity contribution is -0.148. The highest BCUT2D eigenvalue weighted by Crippen LogP contribution is 2.15. The van der Waals surface area contributed by atoms with Gasteiger partial charge in [0.2, 0.25) is 0 Å². The lowest BCUT2D eigenvalue weighted by Gasteiger charge is -2.23. The van der Waals surface area contributed by atoms with E-state index < -0.39 is 5.97 Å². The van der Waals surface area contributed by atoms with Crippen molar-refractivity contribution in [3.8, 4) is 0 Å². The average molecular weight is 468 g/mol. The standard InChI is InChI=1S/C24H22BrNO4/c25-22-13-11-21(30-22)12-14-24(28)29-18-23(27)26(17-20-9-5-2-6-10-20)16-15-19-7-3-1-4-8-19/h1-14H,15-18H2/b14-12+. The Bertz CT molecular complexity index is 983. The van der Waals surface area contributed by atoms with Crippen LogP contribution >= 0.6 is 15.9 Å². The van der Waals surface area contributed by atoms with Crippen LogP contribution in [0.25, 0.3) is 6.08 Å². The van der Waals surface area contributed by atoms with Gasteiger partial charge in [0.15, 0.2) is 11.3 Å². The molecule has 1 amide bonds. The quantitative estimate of drug-likeness (QED) is 0.332. The second-order valence-electron chi connectivity index (χ2n) is 6.62. The van der Waals surface area contributed by atoms with Gasteiger partial charge in [0.1, 0.15) is 5.76 Å². The van der Waals surface area contributed by atoms with Crippen LogP contribution in [0.4, 0.5) is 0 Å². The molecule has 0 aliphatic heterocycles. The number of carbonyl (C=O) groups is 2. The third-order valence-corrected chi connectivity index (χ3v) is 4.82. The number of nitrogens with zero attached hydrogens (tertiary/aromatic N) is 1. The Morgan fingerprint density at radius 2 is 1.60 bits per heavy atom. The number of ether oxygens (including phenoxy) is 1. The van der Waals surface area contributed by atoms with Crippen LogP contribution in [0.1, 0.15) is 16.9 Å². The summed E-state index contributed by atoms with van der Waals surface area (Å²) in [5.41, 5.74) is 2.17. The van der Waals surface area contributed by atoms with Gasteiger partial charge in [0.25, 0.3) is 5.91 Å². The Kier molecular flexibility index (Phi) is 8.03. The van der Waals surface area contributed by atoms with E-state index in [1.807, 2.05) is 60.7 Å². The maximum absolute atomic E-state index is 12.8. The minimum absolute atomic E-state index is 0.239. The fourth-order valence-corrected chi connectivity index (χ4v) is 3.16. The van der Waals surface area contributed by atoms with Crippen molar-refractivity contribution in [2.24, 2.45) is 0 Å². The SMILES string of the molecule is O=C(/C=C/c1ccc(Br)o1)OCC(=O)N(CCc1ccccc1)Cc1ccccc1. The molecule has 0 spiro atoms. The highest BCUT2D eigenvalue weighted by molar-refractivity contribution is 9.10. The van der Waals surface area contributed by atoms with Crippen LogP contribution in [-0.4, -0.2) is 29.9 Å². The van der Waals surface area contributed by atoms with Crippen LogP contribution in [0.2, 0.25) is 0 Å². The van der Waals surface area contributed by atoms with Crippen molar-refractivity contribution >= 4 is 33.9 Å². The van der Waals surface area contributed by atoms with Crippen LogP contribution in [-0.2, 0) is 27.3 Å². The zero-order valence-electron chi connectivity index (χ0n) is 16.4. The van der Waals surface area contributed by atoms with Crippen molar-refractivity contribution in [1.29, 1.82) is 0 Å². The van der Waals surface area contributed by atoms with Crippen molar-refractivity contribution in [2.45, 2.75) is 13.0 Å². The second kappa shape index (κ2) is 11.2. The normalized spacial score (nSPS) is 10.8. The number of hydrogen-bond acceptors (Lipinski definition) is 4. The number of halogens is 1. The number of amides is 1. The summed E-state index contributed by atoms with van der Waals surface area (Å²) in [5.74, 6) is -0.324. The first-order valence-corrected chi connectivity index (χ1v) is 10.4. The van der Waals surface area contributed by atoms with Crippen molar-refractivity contribution in [3.05, 3.63) is 100 Å². The molecule has 2 aromatic carbocycles. The Morgan fingerprint density at radius 1 is 0.933 bits per heavy atom. The minimum Gasteiger partial charge on any atom is -0.452 e. The predicted octanol–water partition coefficient (Wildman–Crippen LogP) is 4.87. The third kappa shape index (κ3) is 7.04. The van der Waals surface area contributed by atoms with Gasteiger partial charge in [-0.2, -0.15) is 0 Å². The van der Waals surface area contributed by atoms with Crippen molar-refractivity contribution in [1.82, 2.24) is 4.90 Å². The first-order chi connectivity index (χ1) is 14.6. The molecule has 0 bridgehead atoms. The maximum Gasteiger partial charge on any atom is 0.331 e. The summed E-state index contributed by atoms with van der Waals surface area (Å²) in [6.07, 6.45) is 3.46. The van der Waals surface area contributed by atoms with Gasteiger partial charge in [-0.1, -0.05) is 60.7 Å². The molecule has 3 aromatic rings. The molecule has 1 heterocycles. The molecule has 0 aliphatic carbocycles. The molecule has 0 saturated carbocycles. The highest BCUT2D eigenvalue weighted by atomic mass is 79.9. The molecule has 0 saturated heterocycles. The van der Waals surface area contributed by atoms with Gasteiger partial charge in [-0.15, -0.1) is 0 Å².